The Kier molecular flexibility index (Phi) is 2.13. The molecule has 0 aliphatic carbocycles. The minimum Gasteiger partial charge on any atom is -0.396 e. The summed E-state index contributed by atoms with van der Waals surface area (Å²) in [7, 11) is 0. The maximum Gasteiger partial charge on any atom is 0.163 e. The van der Waals surface area contributed by atoms with E-state index in [1.54, 1.807) is 6.92 Å². The molecule has 0 saturated carbocycles. The van der Waals surface area contributed by atoms with E-state index in [-0.39, 0.29) is 10.2 Å². The molecule has 60 valence electrons. The maximum atomic E-state index is 12.8. The molecule has 0 aromatic heterocycles. The first-order valence-corrected chi connectivity index (χ1v) is 3.73. The molecule has 0 spiro atoms. The van der Waals surface area contributed by atoms with Crippen LogP contribution >= 0.6 is 15.9 Å². The number of benzene rings is 1. The van der Waals surface area contributed by atoms with Gasteiger partial charge in [0.25, 0.3) is 0 Å². The van der Waals surface area contributed by atoms with Gasteiger partial charge in [-0.3, -0.25) is 0 Å². The molecule has 11 heavy (non-hydrogen) atoms. The first-order valence-electron chi connectivity index (χ1n) is 2.93. The zero-order valence-corrected chi connectivity index (χ0v) is 7.37. The second kappa shape index (κ2) is 2.77. The molecule has 0 atom stereocenters. The highest BCUT2D eigenvalue weighted by molar-refractivity contribution is 9.10. The predicted molar refractivity (Wildman–Crippen MR) is 43.2 cm³/mol. The van der Waals surface area contributed by atoms with E-state index >= 15 is 0 Å². The van der Waals surface area contributed by atoms with Crippen LogP contribution in [0.25, 0.3) is 0 Å². The Morgan fingerprint density at radius 2 is 2.00 bits per heavy atom. The largest absolute Gasteiger partial charge is 0.396 e. The van der Waals surface area contributed by atoms with Crippen LogP contribution in [0.1, 0.15) is 5.56 Å². The van der Waals surface area contributed by atoms with Crippen molar-refractivity contribution < 1.29 is 8.78 Å². The van der Waals surface area contributed by atoms with E-state index in [0.29, 0.717) is 5.56 Å². The number of rotatable bonds is 0. The molecule has 0 unspecified atom stereocenters. The Bertz CT molecular complexity index is 273. The van der Waals surface area contributed by atoms with Crippen LogP contribution in [-0.4, -0.2) is 0 Å². The predicted octanol–water partition coefficient (Wildman–Crippen LogP) is 2.62. The van der Waals surface area contributed by atoms with Crippen molar-refractivity contribution in [3.8, 4) is 0 Å². The fourth-order valence-electron chi connectivity index (χ4n) is 0.727. The van der Waals surface area contributed by atoms with Gasteiger partial charge in [0.05, 0.1) is 10.2 Å². The van der Waals surface area contributed by atoms with Gasteiger partial charge in [-0.2, -0.15) is 0 Å². The molecule has 1 aromatic rings. The summed E-state index contributed by atoms with van der Waals surface area (Å²) in [6.45, 7) is 1.55. The first-order chi connectivity index (χ1) is 5.04. The molecular weight excluding hydrogens is 216 g/mol. The van der Waals surface area contributed by atoms with E-state index in [1.165, 1.54) is 6.07 Å². The highest BCUT2D eigenvalue weighted by Gasteiger charge is 2.11. The van der Waals surface area contributed by atoms with E-state index < -0.39 is 11.6 Å². The summed E-state index contributed by atoms with van der Waals surface area (Å²) in [5.74, 6) is -1.36. The summed E-state index contributed by atoms with van der Waals surface area (Å²) in [5.41, 5.74) is 5.67. The van der Waals surface area contributed by atoms with Crippen LogP contribution in [0.3, 0.4) is 0 Å². The Morgan fingerprint density at radius 1 is 1.45 bits per heavy atom. The lowest BCUT2D eigenvalue weighted by atomic mass is 10.2. The summed E-state index contributed by atoms with van der Waals surface area (Å²) < 4.78 is 25.3. The SMILES string of the molecule is Cc1cc(F)c(Br)c(F)c1N. The molecule has 0 aliphatic heterocycles. The lowest BCUT2D eigenvalue weighted by molar-refractivity contribution is 0.573. The van der Waals surface area contributed by atoms with Crippen LogP contribution in [0.2, 0.25) is 0 Å². The molecule has 2 N–H and O–H groups in total. The molecular formula is C7H6BrF2N. The van der Waals surface area contributed by atoms with E-state index in [0.717, 1.165) is 0 Å². The molecule has 0 saturated heterocycles. The van der Waals surface area contributed by atoms with Crippen molar-refractivity contribution in [2.45, 2.75) is 6.92 Å². The molecule has 0 aliphatic rings. The first kappa shape index (κ1) is 8.46. The lowest BCUT2D eigenvalue weighted by Crippen LogP contribution is -1.97. The summed E-state index contributed by atoms with van der Waals surface area (Å²) in [6.07, 6.45) is 0. The van der Waals surface area contributed by atoms with Gasteiger partial charge in [0.15, 0.2) is 5.82 Å². The number of nitrogens with two attached hydrogens (primary N) is 1. The van der Waals surface area contributed by atoms with Gasteiger partial charge < -0.3 is 5.73 Å². The standard InChI is InChI=1S/C7H6BrF2N/c1-3-2-4(9)5(8)6(10)7(3)11/h2H,11H2,1H3. The topological polar surface area (TPSA) is 26.0 Å². The smallest absolute Gasteiger partial charge is 0.163 e. The van der Waals surface area contributed by atoms with E-state index in [2.05, 4.69) is 15.9 Å². The third kappa shape index (κ3) is 1.35. The van der Waals surface area contributed by atoms with Crippen LogP contribution in [0.5, 0.6) is 0 Å². The summed E-state index contributed by atoms with van der Waals surface area (Å²) in [6, 6.07) is 1.18. The minimum atomic E-state index is -0.734. The molecule has 0 heterocycles. The van der Waals surface area contributed by atoms with Crippen LogP contribution in [-0.2, 0) is 0 Å². The Labute approximate surface area is 71.3 Å². The molecule has 0 amide bonds. The molecule has 0 radical (unpaired) electrons. The zero-order chi connectivity index (χ0) is 8.59. The number of anilines is 1. The average Bonchev–Trinajstić information content (AvgIpc) is 1.97. The van der Waals surface area contributed by atoms with Crippen molar-refractivity contribution >= 4 is 21.6 Å². The van der Waals surface area contributed by atoms with Crippen LogP contribution in [0.15, 0.2) is 10.5 Å². The Morgan fingerprint density at radius 3 is 2.55 bits per heavy atom. The van der Waals surface area contributed by atoms with Crippen molar-refractivity contribution in [1.82, 2.24) is 0 Å². The van der Waals surface area contributed by atoms with Crippen LogP contribution < -0.4 is 5.73 Å². The lowest BCUT2D eigenvalue weighted by Gasteiger charge is -2.03. The Hall–Kier alpha value is -0.640. The molecule has 0 fully saturated rings. The molecule has 4 heteroatoms. The van der Waals surface area contributed by atoms with E-state index in [1.807, 2.05) is 0 Å². The molecule has 1 rings (SSSR count). The number of hydrogen-bond acceptors (Lipinski definition) is 1. The molecule has 1 aromatic carbocycles. The van der Waals surface area contributed by atoms with Gasteiger partial charge in [-0.25, -0.2) is 8.78 Å². The van der Waals surface area contributed by atoms with Gasteiger partial charge in [-0.15, -0.1) is 0 Å². The second-order valence-corrected chi connectivity index (χ2v) is 3.01. The number of hydrogen-bond donors (Lipinski definition) is 1. The van der Waals surface area contributed by atoms with E-state index in [4.69, 9.17) is 5.73 Å². The second-order valence-electron chi connectivity index (χ2n) is 2.22. The van der Waals surface area contributed by atoms with E-state index in [9.17, 15) is 8.78 Å². The van der Waals surface area contributed by atoms with Crippen LogP contribution in [0.4, 0.5) is 14.5 Å². The average molecular weight is 222 g/mol. The summed E-state index contributed by atoms with van der Waals surface area (Å²) in [5, 5.41) is 0. The van der Waals surface area contributed by atoms with Crippen molar-refractivity contribution in [2.24, 2.45) is 0 Å². The fourth-order valence-corrected chi connectivity index (χ4v) is 1.06. The van der Waals surface area contributed by atoms with Gasteiger partial charge >= 0.3 is 0 Å². The fraction of sp³-hybridized carbons (Fsp3) is 0.143. The van der Waals surface area contributed by atoms with Crippen molar-refractivity contribution in [2.75, 3.05) is 5.73 Å². The van der Waals surface area contributed by atoms with Crippen molar-refractivity contribution in [1.29, 1.82) is 0 Å². The van der Waals surface area contributed by atoms with Crippen molar-refractivity contribution in [3.05, 3.63) is 27.7 Å². The highest BCUT2D eigenvalue weighted by atomic mass is 79.9. The van der Waals surface area contributed by atoms with Gasteiger partial charge in [0.2, 0.25) is 0 Å². The van der Waals surface area contributed by atoms with Gasteiger partial charge in [-0.1, -0.05) is 0 Å². The monoisotopic (exact) mass is 221 g/mol. The summed E-state index contributed by atoms with van der Waals surface area (Å²) >= 11 is 2.73. The molecule has 1 nitrogen and oxygen atoms in total. The third-order valence-electron chi connectivity index (χ3n) is 1.41. The van der Waals surface area contributed by atoms with Gasteiger partial charge in [0, 0.05) is 0 Å². The number of aryl methyl sites for hydroxylation is 1. The number of nitrogen functional groups attached to an aromatic ring is 1. The number of halogens is 3. The third-order valence-corrected chi connectivity index (χ3v) is 2.13. The summed E-state index contributed by atoms with van der Waals surface area (Å²) in [4.78, 5) is 0. The van der Waals surface area contributed by atoms with Gasteiger partial charge in [0.1, 0.15) is 5.82 Å². The minimum absolute atomic E-state index is 0.0155. The maximum absolute atomic E-state index is 12.8. The van der Waals surface area contributed by atoms with Gasteiger partial charge in [-0.05, 0) is 34.5 Å². The quantitative estimate of drug-likeness (QED) is 0.529. The normalized spacial score (nSPS) is 10.2. The van der Waals surface area contributed by atoms with Crippen LogP contribution in [0, 0.1) is 18.6 Å². The Balaban J connectivity index is 3.46. The molecule has 0 bridgehead atoms. The van der Waals surface area contributed by atoms with Crippen molar-refractivity contribution in [3.63, 3.8) is 0 Å². The highest BCUT2D eigenvalue weighted by Crippen LogP contribution is 2.26. The zero-order valence-electron chi connectivity index (χ0n) is 5.79.